The predicted octanol–water partition coefficient (Wildman–Crippen LogP) is 0.636. The van der Waals surface area contributed by atoms with Crippen LogP contribution in [0, 0.1) is 0 Å². The number of nitrogens with two attached hydrogens (primary N) is 1. The summed E-state index contributed by atoms with van der Waals surface area (Å²) in [5.74, 6) is 0.218. The highest BCUT2D eigenvalue weighted by Crippen LogP contribution is 2.24. The topological polar surface area (TPSA) is 131 Å². The molecule has 1 saturated heterocycles. The Kier molecular flexibility index (Phi) is 5.87. The van der Waals surface area contributed by atoms with E-state index in [4.69, 9.17) is 10.5 Å². The minimum Gasteiger partial charge on any atom is -0.381 e. The standard InChI is InChI=1S/C17H26N6O3/c1-26-12-4-2-10(3-5-12)22-17-20-9-13(15(18)25)16(23-17)21-11-6-7-19-14(24)8-11/h9-12H,2-8H2,1H3,(H2,18,25)(H,19,24)(H2,20,21,22,23)/t10-,11-,12-/m1/s1. The maximum absolute atomic E-state index is 11.7. The highest BCUT2D eigenvalue weighted by molar-refractivity contribution is 5.97. The molecule has 1 aromatic heterocycles. The van der Waals surface area contributed by atoms with Crippen molar-refractivity contribution in [3.8, 4) is 0 Å². The zero-order chi connectivity index (χ0) is 18.5. The summed E-state index contributed by atoms with van der Waals surface area (Å²) in [6.45, 7) is 0.599. The van der Waals surface area contributed by atoms with Gasteiger partial charge in [0.05, 0.1) is 11.7 Å². The molecule has 1 aliphatic carbocycles. The van der Waals surface area contributed by atoms with Crippen molar-refractivity contribution in [3.63, 3.8) is 0 Å². The van der Waals surface area contributed by atoms with Crippen LogP contribution in [0.25, 0.3) is 0 Å². The van der Waals surface area contributed by atoms with E-state index < -0.39 is 5.91 Å². The molecule has 1 atom stereocenters. The first-order valence-electron chi connectivity index (χ1n) is 9.04. The molecule has 0 aromatic carbocycles. The fourth-order valence-electron chi connectivity index (χ4n) is 3.47. The average molecular weight is 362 g/mol. The zero-order valence-corrected chi connectivity index (χ0v) is 15.0. The number of nitrogens with zero attached hydrogens (tertiary/aromatic N) is 2. The largest absolute Gasteiger partial charge is 0.381 e. The van der Waals surface area contributed by atoms with Crippen molar-refractivity contribution in [3.05, 3.63) is 11.8 Å². The van der Waals surface area contributed by atoms with Gasteiger partial charge < -0.3 is 26.4 Å². The van der Waals surface area contributed by atoms with E-state index in [1.807, 2.05) is 0 Å². The van der Waals surface area contributed by atoms with Gasteiger partial charge in [0, 0.05) is 38.4 Å². The van der Waals surface area contributed by atoms with Gasteiger partial charge in [-0.1, -0.05) is 0 Å². The summed E-state index contributed by atoms with van der Waals surface area (Å²) in [6.07, 6.45) is 6.80. The molecule has 9 heteroatoms. The smallest absolute Gasteiger partial charge is 0.254 e. The van der Waals surface area contributed by atoms with Gasteiger partial charge in [-0.2, -0.15) is 4.98 Å². The van der Waals surface area contributed by atoms with Gasteiger partial charge in [0.25, 0.3) is 5.91 Å². The molecule has 9 nitrogen and oxygen atoms in total. The zero-order valence-electron chi connectivity index (χ0n) is 15.0. The highest BCUT2D eigenvalue weighted by Gasteiger charge is 2.24. The Hall–Kier alpha value is -2.42. The van der Waals surface area contributed by atoms with E-state index >= 15 is 0 Å². The second kappa shape index (κ2) is 8.31. The van der Waals surface area contributed by atoms with Crippen molar-refractivity contribution in [1.29, 1.82) is 0 Å². The summed E-state index contributed by atoms with van der Waals surface area (Å²) in [7, 11) is 1.74. The van der Waals surface area contributed by atoms with E-state index in [1.54, 1.807) is 7.11 Å². The lowest BCUT2D eigenvalue weighted by atomic mass is 9.93. The molecule has 0 bridgehead atoms. The molecule has 0 unspecified atom stereocenters. The third-order valence-corrected chi connectivity index (χ3v) is 4.98. The van der Waals surface area contributed by atoms with Gasteiger partial charge in [0.15, 0.2) is 0 Å². The minimum absolute atomic E-state index is 0.0170. The van der Waals surface area contributed by atoms with Crippen molar-refractivity contribution in [2.45, 2.75) is 56.7 Å². The first-order valence-corrected chi connectivity index (χ1v) is 9.04. The van der Waals surface area contributed by atoms with Crippen molar-refractivity contribution < 1.29 is 14.3 Å². The minimum atomic E-state index is -0.597. The van der Waals surface area contributed by atoms with E-state index in [9.17, 15) is 9.59 Å². The summed E-state index contributed by atoms with van der Waals surface area (Å²) < 4.78 is 5.39. The molecule has 2 amide bonds. The number of carbonyl (C=O) groups excluding carboxylic acids is 2. The molecule has 26 heavy (non-hydrogen) atoms. The van der Waals surface area contributed by atoms with Crippen LogP contribution in [0.1, 0.15) is 48.9 Å². The Labute approximate surface area is 152 Å². The number of rotatable bonds is 6. The quantitative estimate of drug-likeness (QED) is 0.584. The molecule has 1 aliphatic heterocycles. The third kappa shape index (κ3) is 4.60. The lowest BCUT2D eigenvalue weighted by molar-refractivity contribution is -0.122. The maximum atomic E-state index is 11.7. The number of nitrogens with one attached hydrogen (secondary N) is 3. The molecule has 142 valence electrons. The Balaban J connectivity index is 1.69. The van der Waals surface area contributed by atoms with Gasteiger partial charge in [-0.15, -0.1) is 0 Å². The maximum Gasteiger partial charge on any atom is 0.254 e. The molecule has 3 rings (SSSR count). The number of carbonyl (C=O) groups is 2. The van der Waals surface area contributed by atoms with Crippen LogP contribution < -0.4 is 21.7 Å². The van der Waals surface area contributed by atoms with Crippen molar-refractivity contribution >= 4 is 23.6 Å². The van der Waals surface area contributed by atoms with E-state index in [0.717, 1.165) is 32.1 Å². The van der Waals surface area contributed by atoms with Gasteiger partial charge in [-0.25, -0.2) is 4.98 Å². The van der Waals surface area contributed by atoms with Crippen molar-refractivity contribution in [1.82, 2.24) is 15.3 Å². The predicted molar refractivity (Wildman–Crippen MR) is 96.9 cm³/mol. The number of ether oxygens (including phenoxy) is 1. The van der Waals surface area contributed by atoms with Gasteiger partial charge >= 0.3 is 0 Å². The number of hydrogen-bond acceptors (Lipinski definition) is 7. The first kappa shape index (κ1) is 18.4. The molecule has 1 saturated carbocycles. The lowest BCUT2D eigenvalue weighted by Crippen LogP contribution is -2.40. The van der Waals surface area contributed by atoms with Crippen LogP contribution in [0.5, 0.6) is 0 Å². The molecule has 2 aliphatic rings. The number of amides is 2. The second-order valence-electron chi connectivity index (χ2n) is 6.86. The third-order valence-electron chi connectivity index (χ3n) is 4.98. The lowest BCUT2D eigenvalue weighted by Gasteiger charge is -2.28. The second-order valence-corrected chi connectivity index (χ2v) is 6.86. The Morgan fingerprint density at radius 2 is 2.00 bits per heavy atom. The summed E-state index contributed by atoms with van der Waals surface area (Å²) in [6, 6.07) is 0.191. The number of piperidine rings is 1. The summed E-state index contributed by atoms with van der Waals surface area (Å²) in [5, 5.41) is 9.29. The number of methoxy groups -OCH3 is 1. The van der Waals surface area contributed by atoms with E-state index in [0.29, 0.717) is 30.8 Å². The van der Waals surface area contributed by atoms with Crippen LogP contribution in [0.15, 0.2) is 6.20 Å². The van der Waals surface area contributed by atoms with Crippen LogP contribution in [0.3, 0.4) is 0 Å². The van der Waals surface area contributed by atoms with Gasteiger partial charge in [-0.3, -0.25) is 9.59 Å². The summed E-state index contributed by atoms with van der Waals surface area (Å²) >= 11 is 0. The van der Waals surface area contributed by atoms with E-state index in [-0.39, 0.29) is 23.6 Å². The Morgan fingerprint density at radius 3 is 2.65 bits per heavy atom. The molecule has 0 radical (unpaired) electrons. The average Bonchev–Trinajstić information content (AvgIpc) is 2.62. The molecular formula is C17H26N6O3. The first-order chi connectivity index (χ1) is 12.5. The Bertz CT molecular complexity index is 660. The fraction of sp³-hybridized carbons (Fsp3) is 0.647. The number of aromatic nitrogens is 2. The molecule has 2 fully saturated rings. The number of anilines is 2. The highest BCUT2D eigenvalue weighted by atomic mass is 16.5. The number of primary amides is 1. The number of hydrogen-bond donors (Lipinski definition) is 4. The van der Waals surface area contributed by atoms with Crippen LogP contribution >= 0.6 is 0 Å². The monoisotopic (exact) mass is 362 g/mol. The normalized spacial score (nSPS) is 26.0. The molecule has 5 N–H and O–H groups in total. The fourth-order valence-corrected chi connectivity index (χ4v) is 3.47. The molecule has 1 aromatic rings. The van der Waals surface area contributed by atoms with Crippen LogP contribution in [-0.4, -0.2) is 53.6 Å². The summed E-state index contributed by atoms with van der Waals surface area (Å²) in [4.78, 5) is 31.9. The van der Waals surface area contributed by atoms with Crippen LogP contribution in [0.4, 0.5) is 11.8 Å². The van der Waals surface area contributed by atoms with Crippen molar-refractivity contribution in [2.75, 3.05) is 24.3 Å². The van der Waals surface area contributed by atoms with Crippen molar-refractivity contribution in [2.24, 2.45) is 5.73 Å². The van der Waals surface area contributed by atoms with Gasteiger partial charge in [0.1, 0.15) is 5.82 Å². The van der Waals surface area contributed by atoms with Gasteiger partial charge in [-0.05, 0) is 32.1 Å². The summed E-state index contributed by atoms with van der Waals surface area (Å²) in [5.41, 5.74) is 5.67. The molecular weight excluding hydrogens is 336 g/mol. The molecule has 2 heterocycles. The molecule has 0 spiro atoms. The Morgan fingerprint density at radius 1 is 1.23 bits per heavy atom. The van der Waals surface area contributed by atoms with E-state index in [1.165, 1.54) is 6.20 Å². The van der Waals surface area contributed by atoms with Crippen LogP contribution in [-0.2, 0) is 9.53 Å². The van der Waals surface area contributed by atoms with Gasteiger partial charge in [0.2, 0.25) is 11.9 Å². The van der Waals surface area contributed by atoms with E-state index in [2.05, 4.69) is 25.9 Å². The SMILES string of the molecule is CO[C@H]1CC[C@H](Nc2ncc(C(N)=O)c(N[C@@H]3CCNC(=O)C3)n2)CC1. The van der Waals surface area contributed by atoms with Crippen LogP contribution in [0.2, 0.25) is 0 Å².